The summed E-state index contributed by atoms with van der Waals surface area (Å²) in [7, 11) is 0. The maximum absolute atomic E-state index is 13.7. The normalized spacial score (nSPS) is 39.8. The molecule has 1 amide bonds. The first kappa shape index (κ1) is 22.8. The van der Waals surface area contributed by atoms with Gasteiger partial charge in [-0.25, -0.2) is 0 Å². The molecule has 1 aliphatic heterocycles. The zero-order chi connectivity index (χ0) is 23.5. The average molecular weight is 456 g/mol. The molecule has 1 heterocycles. The fourth-order valence-corrected chi connectivity index (χ4v) is 7.96. The van der Waals surface area contributed by atoms with E-state index >= 15 is 0 Å². The standard InChI is InChI=1S/C25H37N5O3/c1-14-18-7-17(12-27)30(20(14)18)22(31)21(29)24-8-15-6-16(9-24)11-25(10-15,13-24)33-23(32)19(28)4-2-3-5-26/h15-19,21H,2-11,13,26,28-29H2,1H3. The van der Waals surface area contributed by atoms with Crippen molar-refractivity contribution in [1.82, 2.24) is 4.90 Å². The monoisotopic (exact) mass is 455 g/mol. The Kier molecular flexibility index (Phi) is 5.58. The van der Waals surface area contributed by atoms with E-state index in [1.807, 2.05) is 6.92 Å². The third kappa shape index (κ3) is 3.69. The number of hydrogen-bond donors (Lipinski definition) is 3. The van der Waals surface area contributed by atoms with Crippen LogP contribution in [-0.2, 0) is 14.3 Å². The van der Waals surface area contributed by atoms with Crippen LogP contribution in [0.25, 0.3) is 0 Å². The first-order valence-electron chi connectivity index (χ1n) is 12.6. The highest BCUT2D eigenvalue weighted by molar-refractivity contribution is 5.87. The highest BCUT2D eigenvalue weighted by Gasteiger charge is 2.64. The summed E-state index contributed by atoms with van der Waals surface area (Å²) in [5.74, 6) is 0.625. The van der Waals surface area contributed by atoms with Gasteiger partial charge in [-0.2, -0.15) is 5.26 Å². The lowest BCUT2D eigenvalue weighted by atomic mass is 9.46. The van der Waals surface area contributed by atoms with Gasteiger partial charge in [-0.15, -0.1) is 0 Å². The molecule has 6 aliphatic rings. The second-order valence-corrected chi connectivity index (χ2v) is 11.5. The summed E-state index contributed by atoms with van der Waals surface area (Å²) in [6.45, 7) is 2.62. The van der Waals surface area contributed by atoms with Gasteiger partial charge < -0.3 is 21.9 Å². The van der Waals surface area contributed by atoms with Crippen LogP contribution in [0.3, 0.4) is 0 Å². The van der Waals surface area contributed by atoms with Crippen LogP contribution in [0.4, 0.5) is 0 Å². The van der Waals surface area contributed by atoms with E-state index in [1.165, 1.54) is 5.57 Å². The number of likely N-dealkylation sites (tertiary alicyclic amines) is 1. The number of nitrogens with two attached hydrogens (primary N) is 3. The summed E-state index contributed by atoms with van der Waals surface area (Å²) in [6, 6.07) is 0.554. The zero-order valence-corrected chi connectivity index (χ0v) is 19.6. The number of amides is 1. The third-order valence-electron chi connectivity index (χ3n) is 9.16. The van der Waals surface area contributed by atoms with Crippen LogP contribution >= 0.6 is 0 Å². The predicted molar refractivity (Wildman–Crippen MR) is 122 cm³/mol. The average Bonchev–Trinajstić information content (AvgIpc) is 3.21. The summed E-state index contributed by atoms with van der Waals surface area (Å²) >= 11 is 0. The van der Waals surface area contributed by atoms with E-state index in [0.29, 0.717) is 37.6 Å². The minimum atomic E-state index is -0.685. The van der Waals surface area contributed by atoms with Crippen molar-refractivity contribution < 1.29 is 14.3 Å². The molecule has 1 saturated heterocycles. The molecule has 33 heavy (non-hydrogen) atoms. The lowest BCUT2D eigenvalue weighted by Gasteiger charge is -2.62. The number of allylic oxidation sites excluding steroid dienone is 2. The molecular weight excluding hydrogens is 418 g/mol. The van der Waals surface area contributed by atoms with Crippen molar-refractivity contribution in [2.24, 2.45) is 40.4 Å². The smallest absolute Gasteiger partial charge is 0.323 e. The molecule has 4 saturated carbocycles. The van der Waals surface area contributed by atoms with Gasteiger partial charge in [0.05, 0.1) is 12.1 Å². The van der Waals surface area contributed by atoms with Gasteiger partial charge in [-0.3, -0.25) is 14.5 Å². The molecule has 8 nitrogen and oxygen atoms in total. The topological polar surface area (TPSA) is 148 Å². The third-order valence-corrected chi connectivity index (χ3v) is 9.16. The van der Waals surface area contributed by atoms with Crippen molar-refractivity contribution in [1.29, 1.82) is 5.26 Å². The lowest BCUT2D eigenvalue weighted by Crippen LogP contribution is -2.65. The van der Waals surface area contributed by atoms with E-state index in [0.717, 1.165) is 50.6 Å². The number of ether oxygens (including phenoxy) is 1. The van der Waals surface area contributed by atoms with E-state index in [2.05, 4.69) is 6.07 Å². The number of hydrogen-bond acceptors (Lipinski definition) is 7. The number of carbonyl (C=O) groups is 2. The molecule has 4 bridgehead atoms. The Morgan fingerprint density at radius 3 is 2.52 bits per heavy atom. The van der Waals surface area contributed by atoms with Gasteiger partial charge >= 0.3 is 5.97 Å². The number of nitrogens with zero attached hydrogens (tertiary/aromatic N) is 2. The van der Waals surface area contributed by atoms with Crippen LogP contribution in [0.5, 0.6) is 0 Å². The lowest BCUT2D eigenvalue weighted by molar-refractivity contribution is -0.206. The molecule has 6 unspecified atom stereocenters. The SMILES string of the molecule is CC1=C2C1CC(C#N)N2C(=O)C(N)C12CC3CC(CC(OC(=O)C(N)CCCCN)(C3)C1)C2. The molecular formula is C25H37N5O3. The molecule has 0 spiro atoms. The highest BCUT2D eigenvalue weighted by atomic mass is 16.6. The zero-order valence-electron chi connectivity index (χ0n) is 19.6. The van der Waals surface area contributed by atoms with Crippen LogP contribution in [0.2, 0.25) is 0 Å². The molecule has 0 aromatic rings. The van der Waals surface area contributed by atoms with E-state index in [-0.39, 0.29) is 23.2 Å². The Hall–Kier alpha value is -1.95. The van der Waals surface area contributed by atoms with E-state index in [4.69, 9.17) is 21.9 Å². The van der Waals surface area contributed by atoms with Gasteiger partial charge in [0.2, 0.25) is 5.91 Å². The minimum absolute atomic E-state index is 0.127. The molecule has 8 heteroatoms. The summed E-state index contributed by atoms with van der Waals surface area (Å²) in [4.78, 5) is 28.2. The quantitative estimate of drug-likeness (QED) is 0.372. The first-order chi connectivity index (χ1) is 15.7. The Morgan fingerprint density at radius 1 is 1.18 bits per heavy atom. The second-order valence-electron chi connectivity index (χ2n) is 11.5. The molecule has 0 aromatic heterocycles. The van der Waals surface area contributed by atoms with Gasteiger partial charge in [0.1, 0.15) is 17.7 Å². The van der Waals surface area contributed by atoms with Gasteiger partial charge in [0, 0.05) is 11.6 Å². The number of fused-ring (bicyclic) bond motifs is 1. The van der Waals surface area contributed by atoms with Crippen LogP contribution in [0.1, 0.15) is 71.1 Å². The summed E-state index contributed by atoms with van der Waals surface area (Å²) in [6.07, 6.45) is 8.10. The van der Waals surface area contributed by atoms with E-state index in [9.17, 15) is 14.9 Å². The first-order valence-corrected chi connectivity index (χ1v) is 12.6. The number of unbranched alkanes of at least 4 members (excludes halogenated alkanes) is 1. The largest absolute Gasteiger partial charge is 0.458 e. The fraction of sp³-hybridized carbons (Fsp3) is 0.800. The Labute approximate surface area is 195 Å². The summed E-state index contributed by atoms with van der Waals surface area (Å²) in [5.41, 5.74) is 19.7. The molecule has 0 aromatic carbocycles. The number of carbonyl (C=O) groups excluding carboxylic acids is 2. The minimum Gasteiger partial charge on any atom is -0.458 e. The Morgan fingerprint density at radius 2 is 1.88 bits per heavy atom. The summed E-state index contributed by atoms with van der Waals surface area (Å²) in [5, 5.41) is 9.61. The fourth-order valence-electron chi connectivity index (χ4n) is 7.96. The van der Waals surface area contributed by atoms with Gasteiger partial charge in [0.25, 0.3) is 0 Å². The van der Waals surface area contributed by atoms with Crippen molar-refractivity contribution >= 4 is 11.9 Å². The van der Waals surface area contributed by atoms with E-state index < -0.39 is 23.7 Å². The maximum atomic E-state index is 13.7. The molecule has 6 rings (SSSR count). The predicted octanol–water partition coefficient (Wildman–Crippen LogP) is 1.68. The second kappa shape index (κ2) is 8.07. The number of nitriles is 1. The van der Waals surface area contributed by atoms with Crippen molar-refractivity contribution in [2.45, 2.75) is 94.9 Å². The van der Waals surface area contributed by atoms with Crippen molar-refractivity contribution in [3.63, 3.8) is 0 Å². The van der Waals surface area contributed by atoms with Crippen molar-refractivity contribution in [3.05, 3.63) is 11.3 Å². The molecule has 5 aliphatic carbocycles. The maximum Gasteiger partial charge on any atom is 0.323 e. The molecule has 6 atom stereocenters. The molecule has 180 valence electrons. The van der Waals surface area contributed by atoms with Gasteiger partial charge in [-0.1, -0.05) is 6.42 Å². The van der Waals surface area contributed by atoms with Crippen LogP contribution in [0.15, 0.2) is 11.3 Å². The molecule has 0 radical (unpaired) electrons. The van der Waals surface area contributed by atoms with Crippen molar-refractivity contribution in [2.75, 3.05) is 6.54 Å². The van der Waals surface area contributed by atoms with Crippen molar-refractivity contribution in [3.8, 4) is 6.07 Å². The van der Waals surface area contributed by atoms with Gasteiger partial charge in [-0.05, 0) is 94.1 Å². The van der Waals surface area contributed by atoms with Crippen LogP contribution in [-0.4, -0.2) is 47.0 Å². The van der Waals surface area contributed by atoms with E-state index in [1.54, 1.807) is 4.90 Å². The number of esters is 1. The molecule has 5 fully saturated rings. The molecule has 6 N–H and O–H groups in total. The summed E-state index contributed by atoms with van der Waals surface area (Å²) < 4.78 is 6.17. The Bertz CT molecular complexity index is 909. The van der Waals surface area contributed by atoms with Gasteiger partial charge in [0.15, 0.2) is 0 Å². The Balaban J connectivity index is 1.33. The number of rotatable bonds is 8. The van der Waals surface area contributed by atoms with Crippen LogP contribution in [0, 0.1) is 34.5 Å². The highest BCUT2D eigenvalue weighted by Crippen LogP contribution is 2.64. The van der Waals surface area contributed by atoms with Crippen LogP contribution < -0.4 is 17.2 Å².